The summed E-state index contributed by atoms with van der Waals surface area (Å²) in [6, 6.07) is 9.15. The molecule has 21 heavy (non-hydrogen) atoms. The number of benzene rings is 1. The van der Waals surface area contributed by atoms with Gasteiger partial charge in [-0.1, -0.05) is 23.8 Å². The zero-order valence-electron chi connectivity index (χ0n) is 11.5. The normalized spacial score (nSPS) is 10.8. The maximum atomic E-state index is 10.6. The Morgan fingerprint density at radius 2 is 2.05 bits per heavy atom. The molecular weight excluding hydrogens is 288 g/mol. The molecule has 0 aliphatic rings. The molecule has 2 aromatic heterocycles. The van der Waals surface area contributed by atoms with Gasteiger partial charge in [0.05, 0.1) is 10.9 Å². The average molecular weight is 300 g/mol. The third kappa shape index (κ3) is 2.57. The number of nitro groups is 1. The summed E-state index contributed by atoms with van der Waals surface area (Å²) >= 11 is 1.46. The molecule has 0 unspecified atom stereocenters. The lowest BCUT2D eigenvalue weighted by atomic mass is 10.1. The molecule has 0 fully saturated rings. The molecule has 3 rings (SSSR count). The first-order valence-electron chi connectivity index (χ1n) is 6.32. The highest BCUT2D eigenvalue weighted by Gasteiger charge is 2.16. The maximum absolute atomic E-state index is 10.6. The number of furan rings is 1. The van der Waals surface area contributed by atoms with E-state index in [9.17, 15) is 10.1 Å². The fraction of sp³-hybridized carbons (Fsp3) is 0.133. The van der Waals surface area contributed by atoms with E-state index >= 15 is 0 Å². The van der Waals surface area contributed by atoms with Gasteiger partial charge in [0, 0.05) is 6.20 Å². The van der Waals surface area contributed by atoms with Crippen LogP contribution in [0.2, 0.25) is 0 Å². The highest BCUT2D eigenvalue weighted by atomic mass is 32.1. The molecule has 106 valence electrons. The number of thiazole rings is 1. The standard InChI is InChI=1S/C15H12N2O3S/c1-9-3-4-11(10(2)7-9)13-8-16-15(21-13)12-5-6-14(20-12)17(18)19/h3-8H,1-2H3. The van der Waals surface area contributed by atoms with Crippen LogP contribution >= 0.6 is 11.3 Å². The third-order valence-corrected chi connectivity index (χ3v) is 4.18. The summed E-state index contributed by atoms with van der Waals surface area (Å²) < 4.78 is 5.18. The number of nitrogens with zero attached hydrogens (tertiary/aromatic N) is 2. The van der Waals surface area contributed by atoms with Gasteiger partial charge in [0.2, 0.25) is 0 Å². The van der Waals surface area contributed by atoms with Gasteiger partial charge in [-0.2, -0.15) is 0 Å². The van der Waals surface area contributed by atoms with Crippen molar-refractivity contribution in [2.45, 2.75) is 13.8 Å². The Labute approximate surface area is 125 Å². The van der Waals surface area contributed by atoms with E-state index in [2.05, 4.69) is 37.0 Å². The summed E-state index contributed by atoms with van der Waals surface area (Å²) in [6.45, 7) is 4.11. The van der Waals surface area contributed by atoms with Gasteiger partial charge in [0.1, 0.15) is 4.92 Å². The van der Waals surface area contributed by atoms with E-state index in [4.69, 9.17) is 4.42 Å². The second-order valence-corrected chi connectivity index (χ2v) is 5.77. The monoisotopic (exact) mass is 300 g/mol. The van der Waals surface area contributed by atoms with E-state index in [1.165, 1.54) is 28.5 Å². The maximum Gasteiger partial charge on any atom is 0.433 e. The molecule has 0 N–H and O–H groups in total. The molecule has 0 aliphatic heterocycles. The first-order valence-corrected chi connectivity index (χ1v) is 7.14. The summed E-state index contributed by atoms with van der Waals surface area (Å²) in [4.78, 5) is 15.4. The fourth-order valence-electron chi connectivity index (χ4n) is 2.14. The lowest BCUT2D eigenvalue weighted by molar-refractivity contribution is -0.401. The molecule has 0 amide bonds. The zero-order chi connectivity index (χ0) is 15.0. The van der Waals surface area contributed by atoms with Crippen molar-refractivity contribution in [3.63, 3.8) is 0 Å². The molecule has 0 aliphatic carbocycles. The van der Waals surface area contributed by atoms with Crippen LogP contribution in [0.4, 0.5) is 5.88 Å². The van der Waals surface area contributed by atoms with Crippen LogP contribution in [-0.4, -0.2) is 9.91 Å². The van der Waals surface area contributed by atoms with Gasteiger partial charge in [0.15, 0.2) is 10.8 Å². The van der Waals surface area contributed by atoms with Crippen LogP contribution in [0.3, 0.4) is 0 Å². The molecule has 0 bridgehead atoms. The van der Waals surface area contributed by atoms with Gasteiger partial charge in [-0.3, -0.25) is 10.1 Å². The van der Waals surface area contributed by atoms with Crippen molar-refractivity contribution in [3.8, 4) is 21.2 Å². The third-order valence-electron chi connectivity index (χ3n) is 3.14. The Hall–Kier alpha value is -2.47. The van der Waals surface area contributed by atoms with Gasteiger partial charge < -0.3 is 4.42 Å². The highest BCUT2D eigenvalue weighted by Crippen LogP contribution is 2.35. The molecule has 0 saturated carbocycles. The molecule has 0 atom stereocenters. The van der Waals surface area contributed by atoms with Gasteiger partial charge in [-0.15, -0.1) is 11.3 Å². The van der Waals surface area contributed by atoms with E-state index in [-0.39, 0.29) is 5.88 Å². The van der Waals surface area contributed by atoms with E-state index in [1.54, 1.807) is 12.3 Å². The molecule has 2 heterocycles. The minimum absolute atomic E-state index is 0.270. The SMILES string of the molecule is Cc1ccc(-c2cnc(-c3ccc([N+](=O)[O-])o3)s2)c(C)c1. The number of rotatable bonds is 3. The van der Waals surface area contributed by atoms with Crippen molar-refractivity contribution in [2.24, 2.45) is 0 Å². The van der Waals surface area contributed by atoms with Crippen LogP contribution in [0.15, 0.2) is 40.9 Å². The molecule has 1 aromatic carbocycles. The minimum Gasteiger partial charge on any atom is -0.398 e. The first-order chi connectivity index (χ1) is 10.0. The molecule has 0 saturated heterocycles. The van der Waals surface area contributed by atoms with Crippen LogP contribution in [0.5, 0.6) is 0 Å². The van der Waals surface area contributed by atoms with Crippen LogP contribution in [0.25, 0.3) is 21.2 Å². The van der Waals surface area contributed by atoms with Crippen molar-refractivity contribution in [1.82, 2.24) is 4.98 Å². The Morgan fingerprint density at radius 1 is 1.24 bits per heavy atom. The second-order valence-electron chi connectivity index (χ2n) is 4.74. The van der Waals surface area contributed by atoms with Crippen molar-refractivity contribution in [2.75, 3.05) is 0 Å². The highest BCUT2D eigenvalue weighted by molar-refractivity contribution is 7.18. The summed E-state index contributed by atoms with van der Waals surface area (Å²) in [5, 5.41) is 11.3. The number of aryl methyl sites for hydroxylation is 2. The number of hydrogen-bond acceptors (Lipinski definition) is 5. The first kappa shape index (κ1) is 13.5. The summed E-state index contributed by atoms with van der Waals surface area (Å²) in [5.74, 6) is 0.149. The topological polar surface area (TPSA) is 69.2 Å². The second kappa shape index (κ2) is 5.14. The smallest absolute Gasteiger partial charge is 0.398 e. The van der Waals surface area contributed by atoms with E-state index in [0.717, 1.165) is 10.4 Å². The Morgan fingerprint density at radius 3 is 2.71 bits per heavy atom. The van der Waals surface area contributed by atoms with Crippen LogP contribution in [0.1, 0.15) is 11.1 Å². The largest absolute Gasteiger partial charge is 0.433 e. The molecule has 6 heteroatoms. The van der Waals surface area contributed by atoms with Crippen molar-refractivity contribution in [3.05, 3.63) is 57.8 Å². The fourth-order valence-corrected chi connectivity index (χ4v) is 3.11. The van der Waals surface area contributed by atoms with Crippen LogP contribution in [0, 0.1) is 24.0 Å². The summed E-state index contributed by atoms with van der Waals surface area (Å²) in [5.41, 5.74) is 3.50. The van der Waals surface area contributed by atoms with Gasteiger partial charge >= 0.3 is 5.88 Å². The lowest BCUT2D eigenvalue weighted by Gasteiger charge is -2.03. The van der Waals surface area contributed by atoms with Crippen molar-refractivity contribution in [1.29, 1.82) is 0 Å². The van der Waals surface area contributed by atoms with E-state index in [0.29, 0.717) is 10.8 Å². The van der Waals surface area contributed by atoms with Crippen LogP contribution < -0.4 is 0 Å². The van der Waals surface area contributed by atoms with Gasteiger partial charge in [-0.05, 0) is 31.0 Å². The molecule has 0 radical (unpaired) electrons. The predicted octanol–water partition coefficient (Wildman–Crippen LogP) is 4.60. The lowest BCUT2D eigenvalue weighted by Crippen LogP contribution is -1.82. The minimum atomic E-state index is -0.553. The van der Waals surface area contributed by atoms with E-state index < -0.39 is 4.92 Å². The quantitative estimate of drug-likeness (QED) is 0.524. The van der Waals surface area contributed by atoms with Gasteiger partial charge in [-0.25, -0.2) is 4.98 Å². The van der Waals surface area contributed by atoms with Crippen molar-refractivity contribution < 1.29 is 9.34 Å². The van der Waals surface area contributed by atoms with Gasteiger partial charge in [0.25, 0.3) is 0 Å². The number of hydrogen-bond donors (Lipinski definition) is 0. The molecular formula is C15H12N2O3S. The molecule has 3 aromatic rings. The average Bonchev–Trinajstić information content (AvgIpc) is 3.07. The summed E-state index contributed by atoms with van der Waals surface area (Å²) in [7, 11) is 0. The summed E-state index contributed by atoms with van der Waals surface area (Å²) in [6.07, 6.45) is 1.77. The number of aromatic nitrogens is 1. The Bertz CT molecular complexity index is 820. The van der Waals surface area contributed by atoms with Crippen molar-refractivity contribution >= 4 is 17.2 Å². The van der Waals surface area contributed by atoms with Crippen LogP contribution in [-0.2, 0) is 0 Å². The van der Waals surface area contributed by atoms with E-state index in [1.807, 2.05) is 0 Å². The molecule has 5 nitrogen and oxygen atoms in total. The Kier molecular flexibility index (Phi) is 3.31. The molecule has 0 spiro atoms. The Balaban J connectivity index is 1.97. The zero-order valence-corrected chi connectivity index (χ0v) is 12.3. The predicted molar refractivity (Wildman–Crippen MR) is 81.4 cm³/mol.